The Kier molecular flexibility index (Phi) is 2.46. The van der Waals surface area contributed by atoms with Crippen LogP contribution >= 0.6 is 0 Å². The topological polar surface area (TPSA) is 0 Å². The first-order valence-corrected chi connectivity index (χ1v) is 7.27. The Hall–Kier alpha value is -0.260. The zero-order valence-electron chi connectivity index (χ0n) is 11.1. The van der Waals surface area contributed by atoms with Crippen LogP contribution < -0.4 is 0 Å². The molecule has 0 N–H and O–H groups in total. The molecule has 0 saturated heterocycles. The summed E-state index contributed by atoms with van der Waals surface area (Å²) in [6.45, 7) is 7.40. The molecule has 0 heterocycles. The fraction of sp³-hybridized carbons (Fsp3) is 0.875. The molecule has 4 atom stereocenters. The van der Waals surface area contributed by atoms with Crippen LogP contribution in [0, 0.1) is 29.1 Å². The van der Waals surface area contributed by atoms with Crippen LogP contribution in [0.25, 0.3) is 0 Å². The zero-order valence-corrected chi connectivity index (χ0v) is 11.1. The fourth-order valence-corrected chi connectivity index (χ4v) is 4.18. The lowest BCUT2D eigenvalue weighted by atomic mass is 9.68. The van der Waals surface area contributed by atoms with E-state index in [2.05, 4.69) is 26.8 Å². The van der Waals surface area contributed by atoms with Gasteiger partial charge in [0.25, 0.3) is 0 Å². The van der Waals surface area contributed by atoms with Gasteiger partial charge in [0.1, 0.15) is 0 Å². The molecule has 4 unspecified atom stereocenters. The van der Waals surface area contributed by atoms with Crippen molar-refractivity contribution in [3.63, 3.8) is 0 Å². The van der Waals surface area contributed by atoms with Gasteiger partial charge in [-0.05, 0) is 61.7 Å². The number of allylic oxidation sites excluding steroid dienone is 2. The summed E-state index contributed by atoms with van der Waals surface area (Å²) in [5, 5.41) is 0. The van der Waals surface area contributed by atoms with Crippen LogP contribution in [-0.2, 0) is 0 Å². The van der Waals surface area contributed by atoms with Crippen LogP contribution in [-0.4, -0.2) is 0 Å². The molecule has 2 fully saturated rings. The Balaban J connectivity index is 1.77. The van der Waals surface area contributed by atoms with Crippen molar-refractivity contribution in [3.05, 3.63) is 11.6 Å². The quantitative estimate of drug-likeness (QED) is 0.594. The molecule has 0 aromatic carbocycles. The molecule has 0 bridgehead atoms. The predicted molar refractivity (Wildman–Crippen MR) is 69.2 cm³/mol. The van der Waals surface area contributed by atoms with E-state index >= 15 is 0 Å². The molecule has 0 spiro atoms. The van der Waals surface area contributed by atoms with Crippen molar-refractivity contribution in [2.24, 2.45) is 29.1 Å². The third-order valence-electron chi connectivity index (χ3n) is 5.56. The summed E-state index contributed by atoms with van der Waals surface area (Å²) in [4.78, 5) is 0. The third-order valence-corrected chi connectivity index (χ3v) is 5.56. The Morgan fingerprint density at radius 1 is 1.31 bits per heavy atom. The molecule has 0 aromatic heterocycles. The first-order chi connectivity index (χ1) is 7.59. The van der Waals surface area contributed by atoms with Crippen molar-refractivity contribution in [1.29, 1.82) is 0 Å². The van der Waals surface area contributed by atoms with Gasteiger partial charge in [-0.25, -0.2) is 0 Å². The predicted octanol–water partition coefficient (Wildman–Crippen LogP) is 4.81. The summed E-state index contributed by atoms with van der Waals surface area (Å²) in [6.07, 6.45) is 11.5. The molecule has 3 aliphatic rings. The molecule has 16 heavy (non-hydrogen) atoms. The van der Waals surface area contributed by atoms with Gasteiger partial charge in [0.05, 0.1) is 0 Å². The van der Waals surface area contributed by atoms with E-state index < -0.39 is 0 Å². The molecular weight excluding hydrogens is 192 g/mol. The normalized spacial score (nSPS) is 41.7. The Bertz CT molecular complexity index is 310. The Labute approximate surface area is 101 Å². The van der Waals surface area contributed by atoms with E-state index in [-0.39, 0.29) is 0 Å². The van der Waals surface area contributed by atoms with Crippen LogP contribution in [0.15, 0.2) is 11.6 Å². The van der Waals surface area contributed by atoms with Gasteiger partial charge in [-0.3, -0.25) is 0 Å². The summed E-state index contributed by atoms with van der Waals surface area (Å²) in [7, 11) is 0. The highest BCUT2D eigenvalue weighted by molar-refractivity contribution is 5.15. The van der Waals surface area contributed by atoms with Gasteiger partial charge in [-0.15, -0.1) is 0 Å². The molecule has 2 saturated carbocycles. The minimum atomic E-state index is 0.651. The lowest BCUT2D eigenvalue weighted by molar-refractivity contribution is 0.149. The minimum Gasteiger partial charge on any atom is -0.0819 e. The molecule has 0 aromatic rings. The van der Waals surface area contributed by atoms with E-state index in [9.17, 15) is 0 Å². The second kappa shape index (κ2) is 3.62. The monoisotopic (exact) mass is 218 g/mol. The molecular formula is C16H26. The van der Waals surface area contributed by atoms with Crippen molar-refractivity contribution in [3.8, 4) is 0 Å². The zero-order chi connectivity index (χ0) is 11.3. The largest absolute Gasteiger partial charge is 0.0819 e. The fourth-order valence-electron chi connectivity index (χ4n) is 4.18. The van der Waals surface area contributed by atoms with Crippen molar-refractivity contribution < 1.29 is 0 Å². The summed E-state index contributed by atoms with van der Waals surface area (Å²) in [6, 6.07) is 0. The average molecular weight is 218 g/mol. The van der Waals surface area contributed by atoms with Crippen LogP contribution in [0.4, 0.5) is 0 Å². The standard InChI is InChI=1S/C16H26/c1-11-4-7-14(8-11)16(3,10-13-5-6-13)15-9-12(15)2/h8,12-15H,4-7,9-10H2,1-3H3. The molecule has 3 rings (SSSR count). The van der Waals surface area contributed by atoms with Gasteiger partial charge >= 0.3 is 0 Å². The van der Waals surface area contributed by atoms with E-state index in [0.717, 1.165) is 23.7 Å². The first kappa shape index (κ1) is 10.9. The summed E-state index contributed by atoms with van der Waals surface area (Å²) < 4.78 is 0. The number of hydrogen-bond donors (Lipinski definition) is 0. The lowest BCUT2D eigenvalue weighted by Crippen LogP contribution is -2.29. The molecule has 0 aliphatic heterocycles. The minimum absolute atomic E-state index is 0.651. The van der Waals surface area contributed by atoms with Gasteiger partial charge in [0, 0.05) is 0 Å². The summed E-state index contributed by atoms with van der Waals surface area (Å²) in [5.41, 5.74) is 2.30. The van der Waals surface area contributed by atoms with Crippen LogP contribution in [0.1, 0.15) is 59.3 Å². The van der Waals surface area contributed by atoms with E-state index in [0.29, 0.717) is 5.41 Å². The maximum atomic E-state index is 2.62. The highest BCUT2D eigenvalue weighted by Crippen LogP contribution is 2.61. The van der Waals surface area contributed by atoms with Gasteiger partial charge in [-0.1, -0.05) is 38.3 Å². The van der Waals surface area contributed by atoms with Gasteiger partial charge < -0.3 is 0 Å². The van der Waals surface area contributed by atoms with Crippen molar-refractivity contribution in [2.75, 3.05) is 0 Å². The second-order valence-corrected chi connectivity index (χ2v) is 7.13. The van der Waals surface area contributed by atoms with Crippen LogP contribution in [0.2, 0.25) is 0 Å². The SMILES string of the molecule is CC1=CC(C(C)(CC2CC2)C2CC2C)CC1. The first-order valence-electron chi connectivity index (χ1n) is 7.27. The van der Waals surface area contributed by atoms with Crippen LogP contribution in [0.5, 0.6) is 0 Å². The Morgan fingerprint density at radius 3 is 2.44 bits per heavy atom. The molecule has 0 radical (unpaired) electrons. The maximum Gasteiger partial charge on any atom is -0.0171 e. The molecule has 3 aliphatic carbocycles. The summed E-state index contributed by atoms with van der Waals surface area (Å²) in [5.74, 6) is 4.05. The molecule has 0 amide bonds. The Morgan fingerprint density at radius 2 is 2.00 bits per heavy atom. The van der Waals surface area contributed by atoms with E-state index in [1.165, 1.54) is 38.5 Å². The second-order valence-electron chi connectivity index (χ2n) is 7.13. The van der Waals surface area contributed by atoms with E-state index in [1.807, 2.05) is 0 Å². The van der Waals surface area contributed by atoms with Crippen molar-refractivity contribution in [2.45, 2.75) is 59.3 Å². The van der Waals surface area contributed by atoms with Crippen molar-refractivity contribution in [1.82, 2.24) is 0 Å². The molecule has 90 valence electrons. The maximum absolute atomic E-state index is 2.62. The molecule has 0 heteroatoms. The smallest absolute Gasteiger partial charge is 0.0171 e. The highest BCUT2D eigenvalue weighted by atomic mass is 14.6. The average Bonchev–Trinajstić information content (AvgIpc) is 3.11. The van der Waals surface area contributed by atoms with Crippen LogP contribution in [0.3, 0.4) is 0 Å². The summed E-state index contributed by atoms with van der Waals surface area (Å²) >= 11 is 0. The molecule has 0 nitrogen and oxygen atoms in total. The van der Waals surface area contributed by atoms with Crippen molar-refractivity contribution >= 4 is 0 Å². The number of hydrogen-bond acceptors (Lipinski definition) is 0. The third kappa shape index (κ3) is 1.85. The van der Waals surface area contributed by atoms with E-state index in [4.69, 9.17) is 0 Å². The number of rotatable bonds is 4. The van der Waals surface area contributed by atoms with Gasteiger partial charge in [0.15, 0.2) is 0 Å². The highest BCUT2D eigenvalue weighted by Gasteiger charge is 2.52. The van der Waals surface area contributed by atoms with Gasteiger partial charge in [-0.2, -0.15) is 0 Å². The van der Waals surface area contributed by atoms with E-state index in [1.54, 1.807) is 5.57 Å². The van der Waals surface area contributed by atoms with Gasteiger partial charge in [0.2, 0.25) is 0 Å². The lowest BCUT2D eigenvalue weighted by Gasteiger charge is -2.36.